The number of nitrogens with zero attached hydrogens (tertiary/aromatic N) is 1. The molecule has 26 heavy (non-hydrogen) atoms. The van der Waals surface area contributed by atoms with Gasteiger partial charge in [0.1, 0.15) is 5.75 Å². The first-order valence-corrected chi connectivity index (χ1v) is 8.76. The highest BCUT2D eigenvalue weighted by atomic mass is 16.5. The van der Waals surface area contributed by atoms with Crippen LogP contribution < -0.4 is 10.5 Å². The summed E-state index contributed by atoms with van der Waals surface area (Å²) in [6.45, 7) is 2.56. The highest BCUT2D eigenvalue weighted by molar-refractivity contribution is 5.83. The number of hydrogen-bond donors (Lipinski definition) is 2. The number of nitrogens with one attached hydrogen (secondary N) is 1. The van der Waals surface area contributed by atoms with Crippen molar-refractivity contribution in [3.8, 4) is 5.75 Å². The Morgan fingerprint density at radius 2 is 1.88 bits per heavy atom. The average Bonchev–Trinajstić information content (AvgIpc) is 3.04. The Morgan fingerprint density at radius 3 is 2.65 bits per heavy atom. The van der Waals surface area contributed by atoms with Gasteiger partial charge in [0.15, 0.2) is 0 Å². The van der Waals surface area contributed by atoms with Gasteiger partial charge in [0.05, 0.1) is 7.11 Å². The molecule has 0 aliphatic heterocycles. The Morgan fingerprint density at radius 1 is 1.15 bits per heavy atom. The van der Waals surface area contributed by atoms with E-state index >= 15 is 0 Å². The molecule has 3 aromatic rings. The zero-order valence-electron chi connectivity index (χ0n) is 15.2. The Kier molecular flexibility index (Phi) is 5.58. The molecule has 5 nitrogen and oxygen atoms in total. The smallest absolute Gasteiger partial charge is 0.219 e. The maximum Gasteiger partial charge on any atom is 0.219 e. The van der Waals surface area contributed by atoms with Crippen LogP contribution >= 0.6 is 0 Å². The molecule has 3 N–H and O–H groups in total. The molecule has 2 aromatic carbocycles. The van der Waals surface area contributed by atoms with Gasteiger partial charge in [0.2, 0.25) is 5.91 Å². The van der Waals surface area contributed by atoms with Gasteiger partial charge < -0.3 is 20.4 Å². The monoisotopic (exact) mass is 351 g/mol. The fourth-order valence-corrected chi connectivity index (χ4v) is 3.27. The number of nitrogens with two attached hydrogens (primary N) is 1. The van der Waals surface area contributed by atoms with Crippen LogP contribution in [0.3, 0.4) is 0 Å². The van der Waals surface area contributed by atoms with Gasteiger partial charge in [-0.3, -0.25) is 4.79 Å². The number of aromatic nitrogens is 1. The van der Waals surface area contributed by atoms with E-state index in [9.17, 15) is 4.79 Å². The van der Waals surface area contributed by atoms with Crippen molar-refractivity contribution in [3.63, 3.8) is 0 Å². The maximum absolute atomic E-state index is 12.1. The van der Waals surface area contributed by atoms with Crippen LogP contribution in [0.25, 0.3) is 10.9 Å². The molecule has 1 atom stereocenters. The predicted molar refractivity (Wildman–Crippen MR) is 104 cm³/mol. The van der Waals surface area contributed by atoms with Gasteiger partial charge in [-0.25, -0.2) is 0 Å². The van der Waals surface area contributed by atoms with Crippen molar-refractivity contribution in [2.24, 2.45) is 5.73 Å². The van der Waals surface area contributed by atoms with Crippen molar-refractivity contribution in [1.29, 1.82) is 0 Å². The Labute approximate surface area is 153 Å². The zero-order valence-corrected chi connectivity index (χ0v) is 15.2. The third-order valence-electron chi connectivity index (χ3n) is 4.61. The molecule has 136 valence electrons. The first-order valence-electron chi connectivity index (χ1n) is 8.76. The van der Waals surface area contributed by atoms with Crippen molar-refractivity contribution in [3.05, 3.63) is 65.9 Å². The van der Waals surface area contributed by atoms with E-state index in [1.807, 2.05) is 48.7 Å². The van der Waals surface area contributed by atoms with Crippen LogP contribution in [0.1, 0.15) is 18.1 Å². The summed E-state index contributed by atoms with van der Waals surface area (Å²) in [5.74, 6) is 0.786. The van der Waals surface area contributed by atoms with E-state index in [0.29, 0.717) is 19.5 Å². The number of carbonyl (C=O) groups is 1. The number of benzene rings is 2. The van der Waals surface area contributed by atoms with Gasteiger partial charge >= 0.3 is 0 Å². The fraction of sp³-hybridized carbons (Fsp3) is 0.286. The summed E-state index contributed by atoms with van der Waals surface area (Å²) in [5.41, 5.74) is 9.63. The molecule has 1 amide bonds. The first-order chi connectivity index (χ1) is 12.6. The van der Waals surface area contributed by atoms with E-state index in [0.717, 1.165) is 16.8 Å². The summed E-state index contributed by atoms with van der Waals surface area (Å²) in [4.78, 5) is 17.2. The number of rotatable bonds is 7. The molecule has 0 aliphatic rings. The third kappa shape index (κ3) is 4.06. The van der Waals surface area contributed by atoms with Gasteiger partial charge in [0, 0.05) is 48.7 Å². The van der Waals surface area contributed by atoms with E-state index in [-0.39, 0.29) is 11.9 Å². The average molecular weight is 351 g/mol. The van der Waals surface area contributed by atoms with E-state index in [1.54, 1.807) is 18.9 Å². The number of amides is 1. The SMILES string of the molecule is COc1ccccc1CN(CC(N)Cc1c[nH]c2ccccc12)C(C)=O. The van der Waals surface area contributed by atoms with Crippen LogP contribution in [-0.2, 0) is 17.8 Å². The quantitative estimate of drug-likeness (QED) is 0.687. The van der Waals surface area contributed by atoms with Crippen LogP contribution in [0.4, 0.5) is 0 Å². The second-order valence-corrected chi connectivity index (χ2v) is 6.54. The number of aromatic amines is 1. The standard InChI is InChI=1S/C21H25N3O2/c1-15(25)24(13-16-7-3-6-10-21(16)26-2)14-18(22)11-17-12-23-20-9-5-4-8-19(17)20/h3-10,12,18,23H,11,13-14,22H2,1-2H3. The van der Waals surface area contributed by atoms with Crippen molar-refractivity contribution in [2.45, 2.75) is 25.9 Å². The van der Waals surface area contributed by atoms with E-state index in [2.05, 4.69) is 11.1 Å². The minimum absolute atomic E-state index is 0.00489. The van der Waals surface area contributed by atoms with E-state index in [1.165, 1.54) is 10.9 Å². The molecule has 0 radical (unpaired) electrons. The largest absolute Gasteiger partial charge is 0.496 e. The summed E-state index contributed by atoms with van der Waals surface area (Å²) < 4.78 is 5.39. The van der Waals surface area contributed by atoms with Gasteiger partial charge in [-0.2, -0.15) is 0 Å². The van der Waals surface area contributed by atoms with Crippen LogP contribution in [0, 0.1) is 0 Å². The van der Waals surface area contributed by atoms with E-state index < -0.39 is 0 Å². The van der Waals surface area contributed by atoms with Crippen molar-refractivity contribution in [1.82, 2.24) is 9.88 Å². The lowest BCUT2D eigenvalue weighted by Crippen LogP contribution is -2.40. The number of fused-ring (bicyclic) bond motifs is 1. The molecule has 0 saturated heterocycles. The molecule has 0 spiro atoms. The third-order valence-corrected chi connectivity index (χ3v) is 4.61. The first kappa shape index (κ1) is 18.0. The Balaban J connectivity index is 1.70. The normalized spacial score (nSPS) is 12.1. The van der Waals surface area contributed by atoms with Crippen LogP contribution in [0.5, 0.6) is 5.75 Å². The van der Waals surface area contributed by atoms with Crippen molar-refractivity contribution >= 4 is 16.8 Å². The topological polar surface area (TPSA) is 71.3 Å². The summed E-state index contributed by atoms with van der Waals surface area (Å²) in [6.07, 6.45) is 2.71. The minimum atomic E-state index is -0.146. The number of ether oxygens (including phenoxy) is 1. The number of para-hydroxylation sites is 2. The molecule has 0 saturated carbocycles. The Hall–Kier alpha value is -2.79. The highest BCUT2D eigenvalue weighted by Crippen LogP contribution is 2.21. The van der Waals surface area contributed by atoms with Crippen LogP contribution in [0.2, 0.25) is 0 Å². The second kappa shape index (κ2) is 8.06. The van der Waals surface area contributed by atoms with Gasteiger partial charge in [-0.1, -0.05) is 36.4 Å². The number of hydrogen-bond acceptors (Lipinski definition) is 3. The Bertz CT molecular complexity index is 888. The van der Waals surface area contributed by atoms with E-state index in [4.69, 9.17) is 10.5 Å². The molecule has 0 fully saturated rings. The number of carbonyl (C=O) groups excluding carboxylic acids is 1. The van der Waals surface area contributed by atoms with Gasteiger partial charge in [-0.05, 0) is 24.1 Å². The second-order valence-electron chi connectivity index (χ2n) is 6.54. The molecule has 0 bridgehead atoms. The van der Waals surface area contributed by atoms with Gasteiger partial charge in [-0.15, -0.1) is 0 Å². The molecule has 1 unspecified atom stereocenters. The van der Waals surface area contributed by atoms with Crippen LogP contribution in [0.15, 0.2) is 54.7 Å². The summed E-state index contributed by atoms with van der Waals surface area (Å²) in [6, 6.07) is 15.8. The van der Waals surface area contributed by atoms with Gasteiger partial charge in [0.25, 0.3) is 0 Å². The number of H-pyrrole nitrogens is 1. The molecule has 0 aliphatic carbocycles. The lowest BCUT2D eigenvalue weighted by atomic mass is 10.0. The molecule has 5 heteroatoms. The molecule has 1 aromatic heterocycles. The lowest BCUT2D eigenvalue weighted by molar-refractivity contribution is -0.129. The van der Waals surface area contributed by atoms with Crippen molar-refractivity contribution < 1.29 is 9.53 Å². The zero-order chi connectivity index (χ0) is 18.5. The number of methoxy groups -OCH3 is 1. The highest BCUT2D eigenvalue weighted by Gasteiger charge is 2.17. The summed E-state index contributed by atoms with van der Waals surface area (Å²) >= 11 is 0. The summed E-state index contributed by atoms with van der Waals surface area (Å²) in [5, 5.41) is 1.18. The minimum Gasteiger partial charge on any atom is -0.496 e. The van der Waals surface area contributed by atoms with Crippen LogP contribution in [-0.4, -0.2) is 35.5 Å². The molecule has 1 heterocycles. The molecule has 3 rings (SSSR count). The fourth-order valence-electron chi connectivity index (χ4n) is 3.27. The maximum atomic E-state index is 12.1. The molecular weight excluding hydrogens is 326 g/mol. The predicted octanol–water partition coefficient (Wildman–Crippen LogP) is 3.10. The summed E-state index contributed by atoms with van der Waals surface area (Å²) in [7, 11) is 1.64. The lowest BCUT2D eigenvalue weighted by Gasteiger charge is -2.25. The van der Waals surface area contributed by atoms with Crippen molar-refractivity contribution in [2.75, 3.05) is 13.7 Å². The molecular formula is C21H25N3O2.